The smallest absolute Gasteiger partial charge is 0.123 e. The van der Waals surface area contributed by atoms with Crippen LogP contribution in [0.3, 0.4) is 0 Å². The Morgan fingerprint density at radius 2 is 1.81 bits per heavy atom. The average Bonchev–Trinajstić information content (AvgIpc) is 3.12. The summed E-state index contributed by atoms with van der Waals surface area (Å²) in [5.74, 6) is 3.70. The van der Waals surface area contributed by atoms with Crippen LogP contribution in [0.5, 0.6) is 0 Å². The van der Waals surface area contributed by atoms with Crippen LogP contribution < -0.4 is 0 Å². The second-order valence-electron chi connectivity index (χ2n) is 12.8. The van der Waals surface area contributed by atoms with Crippen molar-refractivity contribution in [3.8, 4) is 0 Å². The van der Waals surface area contributed by atoms with Crippen molar-refractivity contribution < 1.29 is 15.3 Å². The highest BCUT2D eigenvalue weighted by atomic mass is 17.1. The minimum Gasteiger partial charge on any atom is -0.393 e. The van der Waals surface area contributed by atoms with Gasteiger partial charge in [-0.25, -0.2) is 4.89 Å². The first-order valence-electron chi connectivity index (χ1n) is 13.5. The summed E-state index contributed by atoms with van der Waals surface area (Å²) >= 11 is 0. The van der Waals surface area contributed by atoms with Crippen molar-refractivity contribution in [1.29, 1.82) is 0 Å². The monoisotopic (exact) mass is 444 g/mol. The highest BCUT2D eigenvalue weighted by Gasteiger charge is 2.58. The van der Waals surface area contributed by atoms with Crippen molar-refractivity contribution in [2.24, 2.45) is 46.3 Å². The lowest BCUT2D eigenvalue weighted by Gasteiger charge is -2.57. The maximum absolute atomic E-state index is 10.3. The third-order valence-electron chi connectivity index (χ3n) is 11.3. The summed E-state index contributed by atoms with van der Waals surface area (Å²) < 4.78 is 0. The normalized spacial score (nSPS) is 44.1. The van der Waals surface area contributed by atoms with Crippen LogP contribution in [0.4, 0.5) is 0 Å². The van der Waals surface area contributed by atoms with Crippen molar-refractivity contribution in [2.75, 3.05) is 0 Å². The summed E-state index contributed by atoms with van der Waals surface area (Å²) in [4.78, 5) is 4.99. The van der Waals surface area contributed by atoms with E-state index in [9.17, 15) is 10.4 Å². The molecule has 0 saturated heterocycles. The van der Waals surface area contributed by atoms with Crippen molar-refractivity contribution in [3.05, 3.63) is 24.3 Å². The molecule has 2 N–H and O–H groups in total. The van der Waals surface area contributed by atoms with Gasteiger partial charge in [-0.1, -0.05) is 52.3 Å². The lowest BCUT2D eigenvalue weighted by molar-refractivity contribution is -0.321. The predicted octanol–water partition coefficient (Wildman–Crippen LogP) is 7.41. The molecular formula is C29H48O3. The number of aliphatic hydroxyl groups excluding tert-OH is 1. The molecule has 0 unspecified atom stereocenters. The molecule has 0 spiro atoms. The molecule has 0 aromatic rings. The molecule has 182 valence electrons. The van der Waals surface area contributed by atoms with Crippen LogP contribution in [-0.4, -0.2) is 22.1 Å². The average molecular weight is 445 g/mol. The van der Waals surface area contributed by atoms with Gasteiger partial charge in [-0.3, -0.25) is 5.26 Å². The van der Waals surface area contributed by atoms with E-state index in [1.807, 2.05) is 0 Å². The van der Waals surface area contributed by atoms with Gasteiger partial charge in [-0.05, 0) is 111 Å². The van der Waals surface area contributed by atoms with Crippen LogP contribution in [0.25, 0.3) is 0 Å². The molecule has 3 saturated carbocycles. The highest BCUT2D eigenvalue weighted by molar-refractivity contribution is 5.27. The molecule has 0 aliphatic heterocycles. The Balaban J connectivity index is 1.50. The molecule has 0 heterocycles. The SMILES string of the molecule is C=C[C@@](CC[C@@H](C)[C@H]1CC[C@H]2C3=CC[C@H]4C[C@@H](O)CC[C@]4(C)[C@@H]3CC[C@]12C)(OO)C(C)C. The zero-order chi connectivity index (χ0) is 23.3. The first kappa shape index (κ1) is 24.5. The molecule has 0 amide bonds. The Bertz CT molecular complexity index is 728. The maximum Gasteiger partial charge on any atom is 0.123 e. The van der Waals surface area contributed by atoms with E-state index in [0.717, 1.165) is 43.4 Å². The third-order valence-corrected chi connectivity index (χ3v) is 11.3. The topological polar surface area (TPSA) is 49.7 Å². The van der Waals surface area contributed by atoms with E-state index in [2.05, 4.69) is 47.3 Å². The molecule has 0 aromatic carbocycles. The lowest BCUT2D eigenvalue weighted by Crippen LogP contribution is -2.50. The van der Waals surface area contributed by atoms with Crippen molar-refractivity contribution in [3.63, 3.8) is 0 Å². The number of aliphatic hydroxyl groups is 1. The number of allylic oxidation sites excluding steroid dienone is 2. The van der Waals surface area contributed by atoms with Gasteiger partial charge in [0.1, 0.15) is 5.60 Å². The molecule has 4 aliphatic carbocycles. The summed E-state index contributed by atoms with van der Waals surface area (Å²) in [6.45, 7) is 15.7. The standard InChI is InChI=1S/C29H48O3/c1-7-29(32-31,19(2)3)17-12-20(4)24-10-11-25-23-9-8-21-18-22(30)13-15-27(21,5)26(23)14-16-28(24,25)6/h7,9,19-22,24-26,30-31H,1,8,10-18H2,2-6H3/t20-,21+,22+,24-,25+,26-,27+,28-,29+/m1/s1. The fourth-order valence-corrected chi connectivity index (χ4v) is 8.93. The van der Waals surface area contributed by atoms with Gasteiger partial charge in [0.05, 0.1) is 6.10 Å². The maximum atomic E-state index is 10.3. The second kappa shape index (κ2) is 8.86. The third kappa shape index (κ3) is 3.75. The van der Waals surface area contributed by atoms with E-state index in [1.165, 1.54) is 38.5 Å². The Labute approximate surface area is 196 Å². The van der Waals surface area contributed by atoms with Gasteiger partial charge in [0.15, 0.2) is 0 Å². The molecular weight excluding hydrogens is 396 g/mol. The fourth-order valence-electron chi connectivity index (χ4n) is 8.93. The van der Waals surface area contributed by atoms with Crippen LogP contribution in [0.15, 0.2) is 24.3 Å². The van der Waals surface area contributed by atoms with Gasteiger partial charge < -0.3 is 5.11 Å². The minimum atomic E-state index is -0.633. The number of rotatable bonds is 7. The van der Waals surface area contributed by atoms with E-state index < -0.39 is 5.60 Å². The van der Waals surface area contributed by atoms with E-state index in [4.69, 9.17) is 4.89 Å². The number of hydrogen-bond acceptors (Lipinski definition) is 3. The largest absolute Gasteiger partial charge is 0.393 e. The number of hydrogen-bond donors (Lipinski definition) is 2. The first-order valence-corrected chi connectivity index (χ1v) is 13.5. The Morgan fingerprint density at radius 1 is 1.12 bits per heavy atom. The molecule has 4 rings (SSSR count). The fraction of sp³-hybridized carbons (Fsp3) is 0.862. The lowest BCUT2D eigenvalue weighted by atomic mass is 9.47. The Hall–Kier alpha value is -0.640. The van der Waals surface area contributed by atoms with Crippen LogP contribution in [0, 0.1) is 46.3 Å². The zero-order valence-corrected chi connectivity index (χ0v) is 21.3. The zero-order valence-electron chi connectivity index (χ0n) is 21.3. The van der Waals surface area contributed by atoms with E-state index >= 15 is 0 Å². The van der Waals surface area contributed by atoms with E-state index in [1.54, 1.807) is 11.6 Å². The molecule has 9 atom stereocenters. The molecule has 3 heteroatoms. The van der Waals surface area contributed by atoms with Gasteiger partial charge in [0.25, 0.3) is 0 Å². The molecule has 32 heavy (non-hydrogen) atoms. The molecule has 3 nitrogen and oxygen atoms in total. The van der Waals surface area contributed by atoms with Crippen LogP contribution >= 0.6 is 0 Å². The summed E-state index contributed by atoms with van der Waals surface area (Å²) in [5, 5.41) is 19.9. The van der Waals surface area contributed by atoms with Gasteiger partial charge in [0.2, 0.25) is 0 Å². The first-order chi connectivity index (χ1) is 15.1. The van der Waals surface area contributed by atoms with Gasteiger partial charge >= 0.3 is 0 Å². The molecule has 3 fully saturated rings. The van der Waals surface area contributed by atoms with E-state index in [0.29, 0.717) is 22.7 Å². The highest BCUT2D eigenvalue weighted by Crippen LogP contribution is 2.67. The molecule has 0 radical (unpaired) electrons. The van der Waals surface area contributed by atoms with Gasteiger partial charge in [-0.15, -0.1) is 6.58 Å². The Morgan fingerprint density at radius 3 is 2.47 bits per heavy atom. The van der Waals surface area contributed by atoms with Crippen LogP contribution in [-0.2, 0) is 4.89 Å². The summed E-state index contributed by atoms with van der Waals surface area (Å²) in [5.41, 5.74) is 1.96. The van der Waals surface area contributed by atoms with Crippen molar-refractivity contribution >= 4 is 0 Å². The van der Waals surface area contributed by atoms with Crippen LogP contribution in [0.2, 0.25) is 0 Å². The summed E-state index contributed by atoms with van der Waals surface area (Å²) in [6.07, 6.45) is 16.0. The van der Waals surface area contributed by atoms with Crippen molar-refractivity contribution in [2.45, 2.75) is 111 Å². The predicted molar refractivity (Wildman–Crippen MR) is 131 cm³/mol. The molecule has 0 bridgehead atoms. The van der Waals surface area contributed by atoms with Crippen LogP contribution in [0.1, 0.15) is 98.8 Å². The van der Waals surface area contributed by atoms with Gasteiger partial charge in [-0.2, -0.15) is 0 Å². The van der Waals surface area contributed by atoms with E-state index in [-0.39, 0.29) is 12.0 Å². The minimum absolute atomic E-state index is 0.0787. The quantitative estimate of drug-likeness (QED) is 0.244. The van der Waals surface area contributed by atoms with Gasteiger partial charge in [0, 0.05) is 0 Å². The Kier molecular flexibility index (Phi) is 6.78. The number of fused-ring (bicyclic) bond motifs is 5. The summed E-state index contributed by atoms with van der Waals surface area (Å²) in [7, 11) is 0. The summed E-state index contributed by atoms with van der Waals surface area (Å²) in [6, 6.07) is 0. The molecule has 0 aromatic heterocycles. The van der Waals surface area contributed by atoms with Crippen molar-refractivity contribution in [1.82, 2.24) is 0 Å². The molecule has 4 aliphatic rings. The second-order valence-corrected chi connectivity index (χ2v) is 12.8.